The van der Waals surface area contributed by atoms with Crippen molar-refractivity contribution in [1.29, 1.82) is 0 Å². The number of hydrogen-bond acceptors (Lipinski definition) is 2. The van der Waals surface area contributed by atoms with Crippen LogP contribution < -0.4 is 5.54 Å². The molecule has 1 N–H and O–H groups in total. The Kier molecular flexibility index (Phi) is 3.42. The van der Waals surface area contributed by atoms with Gasteiger partial charge in [0.15, 0.2) is 0 Å². The molecular weight excluding hydrogens is 189 g/mol. The maximum atomic E-state index is 11.7. The van der Waals surface area contributed by atoms with Gasteiger partial charge in [-0.25, -0.2) is 0 Å². The van der Waals surface area contributed by atoms with Crippen LogP contribution in [0, 0.1) is 12.8 Å². The van der Waals surface area contributed by atoms with Gasteiger partial charge in [-0.2, -0.15) is 5.54 Å². The molecule has 0 bridgehead atoms. The molecule has 1 aromatic rings. The van der Waals surface area contributed by atoms with Crippen molar-refractivity contribution in [2.24, 2.45) is 5.92 Å². The Bertz CT molecular complexity index is 298. The average Bonchev–Trinajstić information content (AvgIpc) is 2.49. The van der Waals surface area contributed by atoms with E-state index in [4.69, 9.17) is 0 Å². The van der Waals surface area contributed by atoms with E-state index < -0.39 is 5.91 Å². The van der Waals surface area contributed by atoms with E-state index >= 15 is 0 Å². The first kappa shape index (κ1) is 10.2. The lowest BCUT2D eigenvalue weighted by Crippen LogP contribution is -2.23. The summed E-state index contributed by atoms with van der Waals surface area (Å²) >= 11 is 1.64. The first-order chi connectivity index (χ1) is 6.13. The molecule has 13 heavy (non-hydrogen) atoms. The molecule has 4 heteroatoms. The van der Waals surface area contributed by atoms with Crippen molar-refractivity contribution in [1.82, 2.24) is 5.54 Å². The molecular formula is C9H12FNOS. The van der Waals surface area contributed by atoms with Crippen LogP contribution in [0.3, 0.4) is 0 Å². The monoisotopic (exact) mass is 201 g/mol. The Morgan fingerprint density at radius 1 is 1.69 bits per heavy atom. The summed E-state index contributed by atoms with van der Waals surface area (Å²) in [7, 11) is 0. The average molecular weight is 201 g/mol. The highest BCUT2D eigenvalue weighted by atomic mass is 32.1. The van der Waals surface area contributed by atoms with Crippen LogP contribution in [0.5, 0.6) is 0 Å². The Morgan fingerprint density at radius 3 is 2.85 bits per heavy atom. The van der Waals surface area contributed by atoms with Gasteiger partial charge in [-0.05, 0) is 25.5 Å². The highest BCUT2D eigenvalue weighted by molar-refractivity contribution is 7.11. The number of aryl methyl sites for hydroxylation is 1. The van der Waals surface area contributed by atoms with Crippen LogP contribution in [0.25, 0.3) is 0 Å². The molecule has 72 valence electrons. The summed E-state index contributed by atoms with van der Waals surface area (Å²) in [6.45, 7) is 3.72. The van der Waals surface area contributed by atoms with Crippen molar-refractivity contribution in [3.8, 4) is 0 Å². The van der Waals surface area contributed by atoms with Crippen LogP contribution >= 0.6 is 11.3 Å². The third kappa shape index (κ3) is 2.81. The fraction of sp³-hybridized carbons (Fsp3) is 0.444. The van der Waals surface area contributed by atoms with Gasteiger partial charge in [-0.15, -0.1) is 15.8 Å². The van der Waals surface area contributed by atoms with Crippen LogP contribution in [0.2, 0.25) is 0 Å². The topological polar surface area (TPSA) is 29.1 Å². The normalized spacial score (nSPS) is 12.5. The van der Waals surface area contributed by atoms with Crippen molar-refractivity contribution in [2.45, 2.75) is 20.3 Å². The first-order valence-corrected chi connectivity index (χ1v) is 4.91. The predicted octanol–water partition coefficient (Wildman–Crippen LogP) is 2.24. The molecule has 1 heterocycles. The van der Waals surface area contributed by atoms with Gasteiger partial charge in [0.1, 0.15) is 0 Å². The fourth-order valence-corrected chi connectivity index (χ4v) is 2.10. The number of carbonyl (C=O) groups excluding carboxylic acids is 1. The van der Waals surface area contributed by atoms with E-state index in [0.717, 1.165) is 10.4 Å². The minimum Gasteiger partial charge on any atom is -0.272 e. The lowest BCUT2D eigenvalue weighted by atomic mass is 10.1. The van der Waals surface area contributed by atoms with Gasteiger partial charge in [0, 0.05) is 15.7 Å². The molecule has 0 radical (unpaired) electrons. The maximum absolute atomic E-state index is 11.7. The molecule has 1 atom stereocenters. The smallest absolute Gasteiger partial charge is 0.250 e. The highest BCUT2D eigenvalue weighted by Crippen LogP contribution is 2.18. The molecule has 0 aliphatic heterocycles. The van der Waals surface area contributed by atoms with Crippen LogP contribution in [0.4, 0.5) is 4.48 Å². The van der Waals surface area contributed by atoms with Crippen LogP contribution in [-0.2, 0) is 11.2 Å². The largest absolute Gasteiger partial charge is 0.272 e. The summed E-state index contributed by atoms with van der Waals surface area (Å²) in [5, 5.41) is 0. The van der Waals surface area contributed by atoms with Gasteiger partial charge in [0.25, 0.3) is 5.91 Å². The number of carbonyl (C=O) groups is 1. The lowest BCUT2D eigenvalue weighted by molar-refractivity contribution is -0.128. The molecule has 0 fully saturated rings. The zero-order valence-corrected chi connectivity index (χ0v) is 8.45. The van der Waals surface area contributed by atoms with Gasteiger partial charge in [0.2, 0.25) is 0 Å². The number of nitrogens with one attached hydrogen (secondary N) is 1. The summed E-state index contributed by atoms with van der Waals surface area (Å²) < 4.78 is 11.7. The number of rotatable bonds is 3. The van der Waals surface area contributed by atoms with Crippen molar-refractivity contribution >= 4 is 17.2 Å². The third-order valence-corrected chi connectivity index (χ3v) is 2.87. The second-order valence-corrected chi connectivity index (χ2v) is 4.45. The number of thiophene rings is 1. The Labute approximate surface area is 80.7 Å². The Morgan fingerprint density at radius 2 is 2.38 bits per heavy atom. The molecule has 0 saturated carbocycles. The minimum absolute atomic E-state index is 0.303. The lowest BCUT2D eigenvalue weighted by Gasteiger charge is -2.05. The van der Waals surface area contributed by atoms with E-state index in [9.17, 15) is 9.28 Å². The molecule has 1 aromatic heterocycles. The highest BCUT2D eigenvalue weighted by Gasteiger charge is 2.13. The van der Waals surface area contributed by atoms with E-state index in [0.29, 0.717) is 6.42 Å². The van der Waals surface area contributed by atoms with Crippen LogP contribution in [0.1, 0.15) is 16.7 Å². The molecule has 1 amide bonds. The van der Waals surface area contributed by atoms with E-state index in [1.54, 1.807) is 18.3 Å². The van der Waals surface area contributed by atoms with Crippen LogP contribution in [0.15, 0.2) is 12.1 Å². The molecule has 0 spiro atoms. The number of halogens is 1. The molecule has 0 aliphatic carbocycles. The van der Waals surface area contributed by atoms with E-state index in [1.165, 1.54) is 4.88 Å². The van der Waals surface area contributed by atoms with Gasteiger partial charge in [-0.3, -0.25) is 4.79 Å². The molecule has 0 aliphatic rings. The Hall–Kier alpha value is -0.900. The van der Waals surface area contributed by atoms with Gasteiger partial charge in [-0.1, -0.05) is 6.92 Å². The summed E-state index contributed by atoms with van der Waals surface area (Å²) in [6, 6.07) is 3.97. The summed E-state index contributed by atoms with van der Waals surface area (Å²) in [6.07, 6.45) is 0.605. The SMILES string of the molecule is Cc1ccc(C[C@H](C)C(=O)NF)s1. The summed E-state index contributed by atoms with van der Waals surface area (Å²) in [5.41, 5.74) is 1.16. The zero-order valence-electron chi connectivity index (χ0n) is 7.63. The summed E-state index contributed by atoms with van der Waals surface area (Å²) in [4.78, 5) is 13.2. The molecule has 0 saturated heterocycles. The second kappa shape index (κ2) is 4.37. The molecule has 1 rings (SSSR count). The van der Waals surface area contributed by atoms with Crippen molar-refractivity contribution in [3.05, 3.63) is 21.9 Å². The standard InChI is InChI=1S/C9H12FNOS/c1-6(9(12)11-10)5-8-4-3-7(2)13-8/h3-4,6H,5H2,1-2H3,(H,11,12)/t6-/m0/s1. The van der Waals surface area contributed by atoms with E-state index in [2.05, 4.69) is 0 Å². The van der Waals surface area contributed by atoms with E-state index in [1.807, 2.05) is 19.1 Å². The van der Waals surface area contributed by atoms with Crippen LogP contribution in [-0.4, -0.2) is 5.91 Å². The number of amides is 1. The second-order valence-electron chi connectivity index (χ2n) is 3.08. The molecule has 2 nitrogen and oxygen atoms in total. The minimum atomic E-state index is -0.550. The van der Waals surface area contributed by atoms with Crippen molar-refractivity contribution in [2.75, 3.05) is 0 Å². The van der Waals surface area contributed by atoms with Crippen molar-refractivity contribution in [3.63, 3.8) is 0 Å². The number of hydrogen-bond donors (Lipinski definition) is 1. The fourth-order valence-electron chi connectivity index (χ4n) is 1.08. The van der Waals surface area contributed by atoms with Gasteiger partial charge in [0.05, 0.1) is 0 Å². The summed E-state index contributed by atoms with van der Waals surface area (Å²) in [5.74, 6) is -0.853. The molecule has 0 aromatic carbocycles. The van der Waals surface area contributed by atoms with E-state index in [-0.39, 0.29) is 5.92 Å². The quantitative estimate of drug-likeness (QED) is 0.746. The maximum Gasteiger partial charge on any atom is 0.250 e. The predicted molar refractivity (Wildman–Crippen MR) is 51.2 cm³/mol. The van der Waals surface area contributed by atoms with Gasteiger partial charge < -0.3 is 0 Å². The first-order valence-electron chi connectivity index (χ1n) is 4.09. The van der Waals surface area contributed by atoms with Gasteiger partial charge >= 0.3 is 0 Å². The van der Waals surface area contributed by atoms with Crippen molar-refractivity contribution < 1.29 is 9.28 Å². The third-order valence-electron chi connectivity index (χ3n) is 1.84. The Balaban J connectivity index is 2.54. The molecule has 0 unspecified atom stereocenters. The zero-order chi connectivity index (χ0) is 9.84.